The summed E-state index contributed by atoms with van der Waals surface area (Å²) in [6.07, 6.45) is 2.91. The quantitative estimate of drug-likeness (QED) is 0.436. The first-order valence-electron chi connectivity index (χ1n) is 5.88. The normalized spacial score (nSPS) is 12.5. The highest BCUT2D eigenvalue weighted by atomic mass is 14.6. The smallest absolute Gasteiger partial charge is 0.0708 e. The Bertz CT molecular complexity index is 728. The highest BCUT2D eigenvalue weighted by Gasteiger charge is 2.19. The molecule has 0 fully saturated rings. The van der Waals surface area contributed by atoms with Gasteiger partial charge in [-0.25, -0.2) is 0 Å². The van der Waals surface area contributed by atoms with Crippen LogP contribution >= 0.6 is 0 Å². The van der Waals surface area contributed by atoms with E-state index in [1.807, 2.05) is 12.3 Å². The van der Waals surface area contributed by atoms with Crippen molar-refractivity contribution >= 4 is 10.9 Å². The molecule has 0 amide bonds. The fourth-order valence-electron chi connectivity index (χ4n) is 2.79. The molecule has 0 aliphatic heterocycles. The van der Waals surface area contributed by atoms with Crippen molar-refractivity contribution in [3.05, 3.63) is 65.9 Å². The number of hydrogen-bond donors (Lipinski definition) is 0. The summed E-state index contributed by atoms with van der Waals surface area (Å²) in [7, 11) is 0. The van der Waals surface area contributed by atoms with E-state index in [-0.39, 0.29) is 0 Å². The molecule has 2 aromatic carbocycles. The fourth-order valence-corrected chi connectivity index (χ4v) is 2.79. The number of fused-ring (bicyclic) bond motifs is 5. The highest BCUT2D eigenvalue weighted by Crippen LogP contribution is 2.40. The molecule has 0 radical (unpaired) electrons. The molecule has 1 aliphatic carbocycles. The van der Waals surface area contributed by atoms with Crippen LogP contribution in [0.25, 0.3) is 22.0 Å². The molecular formula is C16H11N. The molecule has 0 spiro atoms. The van der Waals surface area contributed by atoms with Gasteiger partial charge in [0.15, 0.2) is 0 Å². The molecule has 0 bridgehead atoms. The molecule has 1 aromatic heterocycles. The van der Waals surface area contributed by atoms with Gasteiger partial charge < -0.3 is 0 Å². The van der Waals surface area contributed by atoms with E-state index < -0.39 is 0 Å². The maximum Gasteiger partial charge on any atom is 0.0708 e. The van der Waals surface area contributed by atoms with Gasteiger partial charge in [-0.2, -0.15) is 0 Å². The molecule has 1 aliphatic rings. The predicted molar refractivity (Wildman–Crippen MR) is 70.0 cm³/mol. The van der Waals surface area contributed by atoms with Crippen molar-refractivity contribution in [3.63, 3.8) is 0 Å². The van der Waals surface area contributed by atoms with E-state index in [1.54, 1.807) is 0 Å². The van der Waals surface area contributed by atoms with E-state index in [0.29, 0.717) is 0 Å². The van der Waals surface area contributed by atoms with E-state index in [4.69, 9.17) is 0 Å². The molecular weight excluding hydrogens is 206 g/mol. The Balaban J connectivity index is 2.17. The molecule has 1 nitrogen and oxygen atoms in total. The second kappa shape index (κ2) is 3.17. The Morgan fingerprint density at radius 3 is 2.76 bits per heavy atom. The van der Waals surface area contributed by atoms with Crippen LogP contribution < -0.4 is 0 Å². The third-order valence-corrected chi connectivity index (χ3v) is 3.54. The van der Waals surface area contributed by atoms with Gasteiger partial charge in [-0.3, -0.25) is 4.98 Å². The molecule has 17 heavy (non-hydrogen) atoms. The SMILES string of the molecule is c1ccc2c(c1)Cc1ccc3ncccc3c1-2. The number of pyridine rings is 1. The van der Waals surface area contributed by atoms with Crippen molar-refractivity contribution < 1.29 is 0 Å². The van der Waals surface area contributed by atoms with Crippen molar-refractivity contribution in [2.24, 2.45) is 0 Å². The molecule has 0 N–H and O–H groups in total. The van der Waals surface area contributed by atoms with Crippen molar-refractivity contribution in [3.8, 4) is 11.1 Å². The van der Waals surface area contributed by atoms with Crippen molar-refractivity contribution in [1.82, 2.24) is 4.98 Å². The van der Waals surface area contributed by atoms with E-state index >= 15 is 0 Å². The molecule has 1 heteroatoms. The van der Waals surface area contributed by atoms with E-state index in [0.717, 1.165) is 11.9 Å². The van der Waals surface area contributed by atoms with E-state index in [2.05, 4.69) is 47.4 Å². The monoisotopic (exact) mass is 217 g/mol. The van der Waals surface area contributed by atoms with Crippen LogP contribution in [0.5, 0.6) is 0 Å². The maximum absolute atomic E-state index is 4.43. The van der Waals surface area contributed by atoms with Crippen LogP contribution in [0.2, 0.25) is 0 Å². The fraction of sp³-hybridized carbons (Fsp3) is 0.0625. The average molecular weight is 217 g/mol. The van der Waals surface area contributed by atoms with E-state index in [1.165, 1.54) is 27.6 Å². The number of hydrogen-bond acceptors (Lipinski definition) is 1. The summed E-state index contributed by atoms with van der Waals surface area (Å²) in [5.41, 5.74) is 6.70. The molecule has 0 unspecified atom stereocenters. The summed E-state index contributed by atoms with van der Waals surface area (Å²) in [5.74, 6) is 0. The van der Waals surface area contributed by atoms with Gasteiger partial charge in [-0.15, -0.1) is 0 Å². The second-order valence-electron chi connectivity index (χ2n) is 4.50. The summed E-state index contributed by atoms with van der Waals surface area (Å²) in [6, 6.07) is 17.2. The Morgan fingerprint density at radius 1 is 0.824 bits per heavy atom. The summed E-state index contributed by atoms with van der Waals surface area (Å²) >= 11 is 0. The first-order chi connectivity index (χ1) is 8.43. The van der Waals surface area contributed by atoms with Gasteiger partial charge in [0, 0.05) is 11.6 Å². The second-order valence-corrected chi connectivity index (χ2v) is 4.50. The number of aromatic nitrogens is 1. The van der Waals surface area contributed by atoms with Crippen LogP contribution in [0.4, 0.5) is 0 Å². The van der Waals surface area contributed by atoms with Crippen LogP contribution in [0.15, 0.2) is 54.7 Å². The van der Waals surface area contributed by atoms with Crippen molar-refractivity contribution in [2.75, 3.05) is 0 Å². The van der Waals surface area contributed by atoms with Gasteiger partial charge in [0.1, 0.15) is 0 Å². The Kier molecular flexibility index (Phi) is 1.67. The largest absolute Gasteiger partial charge is 0.256 e. The number of rotatable bonds is 0. The Morgan fingerprint density at radius 2 is 1.76 bits per heavy atom. The van der Waals surface area contributed by atoms with E-state index in [9.17, 15) is 0 Å². The van der Waals surface area contributed by atoms with Crippen LogP contribution in [0, 0.1) is 0 Å². The highest BCUT2D eigenvalue weighted by molar-refractivity contribution is 5.99. The number of nitrogens with zero attached hydrogens (tertiary/aromatic N) is 1. The zero-order chi connectivity index (χ0) is 11.2. The maximum atomic E-state index is 4.43. The molecule has 0 saturated carbocycles. The molecule has 0 saturated heterocycles. The first-order valence-corrected chi connectivity index (χ1v) is 5.88. The van der Waals surface area contributed by atoms with Crippen LogP contribution in [0.1, 0.15) is 11.1 Å². The van der Waals surface area contributed by atoms with Crippen molar-refractivity contribution in [1.29, 1.82) is 0 Å². The van der Waals surface area contributed by atoms with Crippen LogP contribution in [0.3, 0.4) is 0 Å². The van der Waals surface area contributed by atoms with Crippen LogP contribution in [-0.4, -0.2) is 4.98 Å². The Labute approximate surface area is 99.7 Å². The van der Waals surface area contributed by atoms with Gasteiger partial charge >= 0.3 is 0 Å². The van der Waals surface area contributed by atoms with Gasteiger partial charge in [-0.05, 0) is 40.8 Å². The molecule has 4 rings (SSSR count). The molecule has 0 atom stereocenters. The first kappa shape index (κ1) is 8.94. The zero-order valence-corrected chi connectivity index (χ0v) is 9.35. The lowest BCUT2D eigenvalue weighted by Gasteiger charge is -2.05. The summed E-state index contributed by atoms with van der Waals surface area (Å²) in [6.45, 7) is 0. The Hall–Kier alpha value is -2.15. The summed E-state index contributed by atoms with van der Waals surface area (Å²) in [4.78, 5) is 4.43. The molecule has 80 valence electrons. The van der Waals surface area contributed by atoms with Gasteiger partial charge in [-0.1, -0.05) is 36.4 Å². The summed E-state index contributed by atoms with van der Waals surface area (Å²) in [5, 5.41) is 1.27. The summed E-state index contributed by atoms with van der Waals surface area (Å²) < 4.78 is 0. The topological polar surface area (TPSA) is 12.9 Å². The standard InChI is InChI=1S/C16H11N/c1-2-5-13-11(4-1)10-12-7-8-15-14(16(12)13)6-3-9-17-15/h1-9H,10H2. The third kappa shape index (κ3) is 1.17. The van der Waals surface area contributed by atoms with Crippen LogP contribution in [-0.2, 0) is 6.42 Å². The zero-order valence-electron chi connectivity index (χ0n) is 9.35. The lowest BCUT2D eigenvalue weighted by molar-refractivity contribution is 1.26. The lowest BCUT2D eigenvalue weighted by atomic mass is 10.0. The third-order valence-electron chi connectivity index (χ3n) is 3.54. The molecule has 3 aromatic rings. The minimum atomic E-state index is 1.05. The molecule has 1 heterocycles. The minimum Gasteiger partial charge on any atom is -0.256 e. The van der Waals surface area contributed by atoms with Gasteiger partial charge in [0.25, 0.3) is 0 Å². The predicted octanol–water partition coefficient (Wildman–Crippen LogP) is 3.81. The number of benzene rings is 2. The van der Waals surface area contributed by atoms with Gasteiger partial charge in [0.2, 0.25) is 0 Å². The average Bonchev–Trinajstić information content (AvgIpc) is 2.77. The van der Waals surface area contributed by atoms with Gasteiger partial charge in [0.05, 0.1) is 5.52 Å². The lowest BCUT2D eigenvalue weighted by Crippen LogP contribution is -1.84. The van der Waals surface area contributed by atoms with Crippen molar-refractivity contribution in [2.45, 2.75) is 6.42 Å². The minimum absolute atomic E-state index is 1.05.